The normalized spacial score (nSPS) is 11.6. The molecule has 0 atom stereocenters. The Hall–Kier alpha value is -6.86. The fourth-order valence-corrected chi connectivity index (χ4v) is 6.83. The molecule has 8 N–H and O–H groups in total. The molecule has 0 aliphatic heterocycles. The van der Waals surface area contributed by atoms with E-state index in [-0.39, 0.29) is 55.2 Å². The number of hydrogen-bond donors (Lipinski definition) is 8. The quantitative estimate of drug-likeness (QED) is 0.0532. The Labute approximate surface area is 318 Å². The van der Waals surface area contributed by atoms with Gasteiger partial charge in [0, 0.05) is 33.3 Å². The number of phenols is 2. The predicted molar refractivity (Wildman–Crippen MR) is 206 cm³/mol. The van der Waals surface area contributed by atoms with Gasteiger partial charge in [0.2, 0.25) is 0 Å². The number of fused-ring (bicyclic) bond motifs is 2. The minimum absolute atomic E-state index is 0.00620. The van der Waals surface area contributed by atoms with E-state index in [0.29, 0.717) is 32.7 Å². The average Bonchev–Trinajstić information content (AvgIpc) is 3.14. The van der Waals surface area contributed by atoms with Crippen LogP contribution in [0, 0.1) is 13.8 Å². The first-order valence-corrected chi connectivity index (χ1v) is 19.1. The molecule has 0 aliphatic carbocycles. The van der Waals surface area contributed by atoms with E-state index >= 15 is 0 Å². The van der Waals surface area contributed by atoms with E-state index in [0.717, 1.165) is 12.1 Å². The lowest BCUT2D eigenvalue weighted by Crippen LogP contribution is -2.29. The van der Waals surface area contributed by atoms with Crippen molar-refractivity contribution in [3.8, 4) is 11.5 Å². The van der Waals surface area contributed by atoms with Crippen LogP contribution in [0.1, 0.15) is 31.8 Å². The van der Waals surface area contributed by atoms with Crippen LogP contribution in [0.2, 0.25) is 0 Å². The van der Waals surface area contributed by atoms with Gasteiger partial charge in [0.25, 0.3) is 32.1 Å². The Kier molecular flexibility index (Phi) is 10.2. The predicted octanol–water partition coefficient (Wildman–Crippen LogP) is 5.60. The SMILES string of the molecule is Cc1cc(C(=O)Nc2c(O)ccc3cc(S(=O)(=O)O)ccc23)ccc1NC(=O)C(=O)Nc1ccc(C(=O)Nc2c(O)ccc3cc(S(=O)(=O)O)ccc23)cc1C. The third-order valence-corrected chi connectivity index (χ3v) is 10.4. The van der Waals surface area contributed by atoms with Gasteiger partial charge < -0.3 is 31.5 Å². The first-order valence-electron chi connectivity index (χ1n) is 16.2. The zero-order chi connectivity index (χ0) is 40.7. The lowest BCUT2D eigenvalue weighted by molar-refractivity contribution is -0.133. The van der Waals surface area contributed by atoms with Gasteiger partial charge in [-0.25, -0.2) is 0 Å². The molecule has 6 rings (SSSR count). The molecule has 0 aromatic heterocycles. The summed E-state index contributed by atoms with van der Waals surface area (Å²) < 4.78 is 64.9. The molecule has 6 aromatic carbocycles. The second kappa shape index (κ2) is 14.8. The second-order valence-electron chi connectivity index (χ2n) is 12.5. The number of carbonyl (C=O) groups is 4. The van der Waals surface area contributed by atoms with Gasteiger partial charge in [-0.1, -0.05) is 24.3 Å². The number of hydrogen-bond acceptors (Lipinski definition) is 10. The van der Waals surface area contributed by atoms with E-state index in [1.54, 1.807) is 13.8 Å². The number of nitrogens with one attached hydrogen (secondary N) is 4. The summed E-state index contributed by atoms with van der Waals surface area (Å²) in [6.45, 7) is 3.17. The monoisotopic (exact) mass is 798 g/mol. The highest BCUT2D eigenvalue weighted by Crippen LogP contribution is 2.36. The van der Waals surface area contributed by atoms with Gasteiger partial charge in [-0.2, -0.15) is 16.8 Å². The third-order valence-electron chi connectivity index (χ3n) is 8.69. The highest BCUT2D eigenvalue weighted by atomic mass is 32.2. The molecular weight excluding hydrogens is 769 g/mol. The smallest absolute Gasteiger partial charge is 0.314 e. The Balaban J connectivity index is 1.10. The van der Waals surface area contributed by atoms with Gasteiger partial charge in [-0.3, -0.25) is 28.3 Å². The van der Waals surface area contributed by atoms with Crippen molar-refractivity contribution < 1.29 is 55.3 Å². The van der Waals surface area contributed by atoms with Crippen molar-refractivity contribution in [2.75, 3.05) is 21.3 Å². The third kappa shape index (κ3) is 8.12. The number of amides is 4. The summed E-state index contributed by atoms with van der Waals surface area (Å²) in [4.78, 5) is 51.3. The second-order valence-corrected chi connectivity index (χ2v) is 15.4. The van der Waals surface area contributed by atoms with E-state index in [2.05, 4.69) is 21.3 Å². The summed E-state index contributed by atoms with van der Waals surface area (Å²) in [5.41, 5.74) is 1.46. The van der Waals surface area contributed by atoms with Crippen LogP contribution >= 0.6 is 0 Å². The van der Waals surface area contributed by atoms with Crippen molar-refractivity contribution >= 4 is 88.2 Å². The van der Waals surface area contributed by atoms with Crippen molar-refractivity contribution in [2.45, 2.75) is 23.6 Å². The molecule has 0 bridgehead atoms. The van der Waals surface area contributed by atoms with Crippen molar-refractivity contribution in [1.82, 2.24) is 0 Å². The van der Waals surface area contributed by atoms with Crippen LogP contribution < -0.4 is 21.3 Å². The summed E-state index contributed by atoms with van der Waals surface area (Å²) >= 11 is 0. The van der Waals surface area contributed by atoms with Crippen LogP contribution in [0.25, 0.3) is 21.5 Å². The molecule has 16 nitrogen and oxygen atoms in total. The molecular formula is C38H30N4O12S2. The molecule has 0 saturated heterocycles. The number of benzene rings is 6. The molecule has 0 spiro atoms. The van der Waals surface area contributed by atoms with Gasteiger partial charge in [0.05, 0.1) is 21.2 Å². The van der Waals surface area contributed by atoms with Gasteiger partial charge in [0.15, 0.2) is 0 Å². The fourth-order valence-electron chi connectivity index (χ4n) is 5.80. The van der Waals surface area contributed by atoms with Crippen LogP contribution in [-0.2, 0) is 29.8 Å². The Bertz CT molecular complexity index is 2700. The Morgan fingerprint density at radius 3 is 1.20 bits per heavy atom. The number of phenolic OH excluding ortho intramolecular Hbond substituents is 2. The molecule has 286 valence electrons. The molecule has 0 radical (unpaired) electrons. The standard InChI is InChI=1S/C38H30N4O12S2/c1-19-15-23(35(45)41-33-27-9-7-25(55(49,50)51)17-21(27)5-13-31(33)43)3-11-29(19)39-37(47)38(48)40-30-12-4-24(16-20(30)2)36(46)42-34-28-10-8-26(56(52,53)54)18-22(28)6-14-32(34)44/h3-18,43-44H,1-2H3,(H,39,47)(H,40,48)(H,41,45)(H,42,46)(H,49,50,51)(H,52,53,54). The van der Waals surface area contributed by atoms with Gasteiger partial charge in [-0.15, -0.1) is 0 Å². The molecule has 56 heavy (non-hydrogen) atoms. The molecule has 0 aliphatic rings. The summed E-state index contributed by atoms with van der Waals surface area (Å²) in [5, 5.41) is 32.3. The van der Waals surface area contributed by atoms with Crippen LogP contribution in [-0.4, -0.2) is 59.8 Å². The van der Waals surface area contributed by atoms with Gasteiger partial charge in [-0.05, 0) is 109 Å². The van der Waals surface area contributed by atoms with Crippen molar-refractivity contribution in [2.24, 2.45) is 0 Å². The lowest BCUT2D eigenvalue weighted by atomic mass is 10.1. The van der Waals surface area contributed by atoms with E-state index < -0.39 is 43.9 Å². The zero-order valence-electron chi connectivity index (χ0n) is 29.1. The molecule has 4 amide bonds. The molecule has 0 heterocycles. The Morgan fingerprint density at radius 2 is 0.857 bits per heavy atom. The number of anilines is 4. The number of aromatic hydroxyl groups is 2. The molecule has 18 heteroatoms. The minimum atomic E-state index is -4.49. The van der Waals surface area contributed by atoms with Gasteiger partial charge in [0.1, 0.15) is 11.5 Å². The molecule has 0 saturated carbocycles. The fraction of sp³-hybridized carbons (Fsp3) is 0.0526. The van der Waals surface area contributed by atoms with E-state index in [1.165, 1.54) is 84.9 Å². The van der Waals surface area contributed by atoms with Crippen LogP contribution in [0.15, 0.2) is 107 Å². The minimum Gasteiger partial charge on any atom is -0.506 e. The molecule has 0 unspecified atom stereocenters. The summed E-state index contributed by atoms with van der Waals surface area (Å²) in [7, 11) is -8.98. The van der Waals surface area contributed by atoms with E-state index in [1.807, 2.05) is 0 Å². The largest absolute Gasteiger partial charge is 0.506 e. The molecule has 6 aromatic rings. The topological polar surface area (TPSA) is 266 Å². The van der Waals surface area contributed by atoms with E-state index in [4.69, 9.17) is 0 Å². The highest BCUT2D eigenvalue weighted by Gasteiger charge is 2.21. The molecule has 0 fully saturated rings. The van der Waals surface area contributed by atoms with E-state index in [9.17, 15) is 55.3 Å². The number of aryl methyl sites for hydroxylation is 2. The summed E-state index contributed by atoms with van der Waals surface area (Å²) in [6, 6.07) is 21.0. The number of rotatable bonds is 8. The first kappa shape index (κ1) is 38.9. The number of carbonyl (C=O) groups excluding carboxylic acids is 4. The first-order chi connectivity index (χ1) is 26.3. The van der Waals surface area contributed by atoms with Gasteiger partial charge >= 0.3 is 11.8 Å². The van der Waals surface area contributed by atoms with Crippen LogP contribution in [0.3, 0.4) is 0 Å². The Morgan fingerprint density at radius 1 is 0.482 bits per heavy atom. The van der Waals surface area contributed by atoms with Crippen LogP contribution in [0.5, 0.6) is 11.5 Å². The van der Waals surface area contributed by atoms with Crippen molar-refractivity contribution in [3.05, 3.63) is 119 Å². The summed E-state index contributed by atoms with van der Waals surface area (Å²) in [5.74, 6) is -3.98. The lowest BCUT2D eigenvalue weighted by Gasteiger charge is -2.14. The maximum Gasteiger partial charge on any atom is 0.314 e. The summed E-state index contributed by atoms with van der Waals surface area (Å²) in [6.07, 6.45) is 0. The maximum absolute atomic E-state index is 13.2. The maximum atomic E-state index is 13.2. The van der Waals surface area contributed by atoms with Crippen molar-refractivity contribution in [1.29, 1.82) is 0 Å². The highest BCUT2D eigenvalue weighted by molar-refractivity contribution is 7.86. The zero-order valence-corrected chi connectivity index (χ0v) is 30.7. The average molecular weight is 799 g/mol. The van der Waals surface area contributed by atoms with Crippen molar-refractivity contribution in [3.63, 3.8) is 0 Å². The van der Waals surface area contributed by atoms with Crippen LogP contribution in [0.4, 0.5) is 22.7 Å².